The molecule has 0 aliphatic rings. The van der Waals surface area contributed by atoms with Gasteiger partial charge in [0.2, 0.25) is 11.8 Å². The van der Waals surface area contributed by atoms with Gasteiger partial charge in [-0.25, -0.2) is 4.79 Å². The lowest BCUT2D eigenvalue weighted by molar-refractivity contribution is -0.140. The highest BCUT2D eigenvalue weighted by atomic mass is 16.6. The maximum atomic E-state index is 14.0. The summed E-state index contributed by atoms with van der Waals surface area (Å²) in [6.45, 7) is 14.7. The highest BCUT2D eigenvalue weighted by molar-refractivity contribution is 6.00. The number of hydrogen-bond acceptors (Lipinski definition) is 5. The minimum atomic E-state index is -1.13. The predicted octanol–water partition coefficient (Wildman–Crippen LogP) is 4.61. The van der Waals surface area contributed by atoms with Gasteiger partial charge in [0, 0.05) is 18.7 Å². The van der Waals surface area contributed by atoms with Crippen LogP contribution in [0, 0.1) is 27.7 Å². The van der Waals surface area contributed by atoms with Crippen molar-refractivity contribution < 1.29 is 23.9 Å². The number of nitrogens with zero attached hydrogens (tertiary/aromatic N) is 1. The fourth-order valence-electron chi connectivity index (χ4n) is 4.37. The molecular formula is C30H42N4O5. The normalized spacial score (nSPS) is 12.7. The first-order valence-electron chi connectivity index (χ1n) is 13.2. The minimum Gasteiger partial charge on any atom is -0.444 e. The Labute approximate surface area is 231 Å². The Morgan fingerprint density at radius 2 is 1.59 bits per heavy atom. The number of anilines is 1. The molecule has 0 heterocycles. The van der Waals surface area contributed by atoms with Crippen molar-refractivity contribution in [1.29, 1.82) is 0 Å². The number of carbonyl (C=O) groups is 4. The van der Waals surface area contributed by atoms with E-state index < -0.39 is 35.6 Å². The van der Waals surface area contributed by atoms with Crippen LogP contribution >= 0.6 is 0 Å². The molecule has 0 aliphatic heterocycles. The summed E-state index contributed by atoms with van der Waals surface area (Å²) in [7, 11) is 0. The van der Waals surface area contributed by atoms with Gasteiger partial charge in [0.05, 0.1) is 0 Å². The molecule has 0 saturated heterocycles. The zero-order chi connectivity index (χ0) is 29.5. The number of hydrogen-bond donors (Lipinski definition) is 3. The second kappa shape index (κ2) is 13.3. The SMILES string of the molecule is CCN(C(=O)C(CCC(N)=O)NC(=O)OC(C)(C)C)C(C(=O)Nc1c(C)cccc1C)c1cc(C)ccc1C. The molecule has 4 N–H and O–H groups in total. The van der Waals surface area contributed by atoms with Crippen molar-refractivity contribution in [3.8, 4) is 0 Å². The Kier molecular flexibility index (Phi) is 10.7. The van der Waals surface area contributed by atoms with Crippen LogP contribution in [0.15, 0.2) is 36.4 Å². The fraction of sp³-hybridized carbons (Fsp3) is 0.467. The van der Waals surface area contributed by atoms with Crippen LogP contribution in [-0.4, -0.2) is 46.9 Å². The maximum absolute atomic E-state index is 14.0. The third kappa shape index (κ3) is 8.84. The van der Waals surface area contributed by atoms with Crippen LogP contribution in [0.2, 0.25) is 0 Å². The second-order valence-electron chi connectivity index (χ2n) is 10.8. The summed E-state index contributed by atoms with van der Waals surface area (Å²) < 4.78 is 5.36. The van der Waals surface area contributed by atoms with Gasteiger partial charge in [-0.15, -0.1) is 0 Å². The zero-order valence-electron chi connectivity index (χ0n) is 24.3. The number of carbonyl (C=O) groups excluding carboxylic acids is 4. The van der Waals surface area contributed by atoms with Crippen molar-refractivity contribution in [1.82, 2.24) is 10.2 Å². The number of para-hydroxylation sites is 1. The van der Waals surface area contributed by atoms with Gasteiger partial charge in [-0.05, 0) is 84.1 Å². The lowest BCUT2D eigenvalue weighted by atomic mass is 9.95. The standard InChI is InChI=1S/C30H42N4O5/c1-9-34(28(37)23(15-16-24(31)35)32-29(38)39-30(6,7)8)26(22-17-18(2)13-14-19(22)3)27(36)33-25-20(4)11-10-12-21(25)5/h10-14,17,23,26H,9,15-16H2,1-8H3,(H2,31,35)(H,32,38)(H,33,36). The van der Waals surface area contributed by atoms with E-state index in [-0.39, 0.29) is 25.3 Å². The molecule has 4 amide bonds. The monoisotopic (exact) mass is 538 g/mol. The molecule has 0 spiro atoms. The minimum absolute atomic E-state index is 0.0397. The van der Waals surface area contributed by atoms with Gasteiger partial charge in [0.15, 0.2) is 0 Å². The predicted molar refractivity (Wildman–Crippen MR) is 152 cm³/mol. The van der Waals surface area contributed by atoms with E-state index in [1.165, 1.54) is 4.90 Å². The second-order valence-corrected chi connectivity index (χ2v) is 10.8. The molecule has 0 saturated carbocycles. The van der Waals surface area contributed by atoms with Crippen molar-refractivity contribution in [2.24, 2.45) is 5.73 Å². The van der Waals surface area contributed by atoms with Crippen LogP contribution in [0.1, 0.15) is 74.4 Å². The quantitative estimate of drug-likeness (QED) is 0.407. The molecule has 0 bridgehead atoms. The van der Waals surface area contributed by atoms with Gasteiger partial charge in [-0.1, -0.05) is 42.0 Å². The van der Waals surface area contributed by atoms with Crippen LogP contribution in [0.4, 0.5) is 10.5 Å². The summed E-state index contributed by atoms with van der Waals surface area (Å²) in [6, 6.07) is 9.33. The fourth-order valence-corrected chi connectivity index (χ4v) is 4.37. The first-order chi connectivity index (χ1) is 18.1. The number of nitrogens with one attached hydrogen (secondary N) is 2. The van der Waals surface area contributed by atoms with Crippen molar-refractivity contribution in [3.63, 3.8) is 0 Å². The zero-order valence-corrected chi connectivity index (χ0v) is 24.3. The molecule has 2 atom stereocenters. The van der Waals surface area contributed by atoms with Gasteiger partial charge < -0.3 is 26.0 Å². The molecule has 0 fully saturated rings. The van der Waals surface area contributed by atoms with E-state index in [9.17, 15) is 19.2 Å². The molecule has 2 rings (SSSR count). The lowest BCUT2D eigenvalue weighted by Gasteiger charge is -2.34. The van der Waals surface area contributed by atoms with Crippen LogP contribution in [-0.2, 0) is 19.1 Å². The Morgan fingerprint density at radius 3 is 2.13 bits per heavy atom. The van der Waals surface area contributed by atoms with E-state index in [1.807, 2.05) is 64.1 Å². The summed E-state index contributed by atoms with van der Waals surface area (Å²) in [5.74, 6) is -1.52. The summed E-state index contributed by atoms with van der Waals surface area (Å²) in [4.78, 5) is 53.6. The Bertz CT molecular complexity index is 1200. The van der Waals surface area contributed by atoms with E-state index in [4.69, 9.17) is 10.5 Å². The number of amides is 4. The molecule has 2 aromatic rings. The van der Waals surface area contributed by atoms with E-state index in [0.29, 0.717) is 11.3 Å². The van der Waals surface area contributed by atoms with E-state index >= 15 is 0 Å². The molecule has 0 aromatic heterocycles. The number of primary amides is 1. The Hall–Kier alpha value is -3.88. The van der Waals surface area contributed by atoms with Crippen molar-refractivity contribution >= 4 is 29.5 Å². The number of alkyl carbamates (subject to hydrolysis) is 1. The topological polar surface area (TPSA) is 131 Å². The highest BCUT2D eigenvalue weighted by Crippen LogP contribution is 2.29. The summed E-state index contributed by atoms with van der Waals surface area (Å²) >= 11 is 0. The van der Waals surface area contributed by atoms with Gasteiger partial charge >= 0.3 is 6.09 Å². The Balaban J connectivity index is 2.56. The number of benzene rings is 2. The number of ether oxygens (including phenoxy) is 1. The number of likely N-dealkylation sites (N-methyl/N-ethyl adjacent to an activating group) is 1. The molecule has 39 heavy (non-hydrogen) atoms. The summed E-state index contributed by atoms with van der Waals surface area (Å²) in [5.41, 5.74) is 9.46. The van der Waals surface area contributed by atoms with Gasteiger partial charge in [-0.2, -0.15) is 0 Å². The molecule has 9 nitrogen and oxygen atoms in total. The molecule has 0 aliphatic carbocycles. The van der Waals surface area contributed by atoms with Gasteiger partial charge in [0.25, 0.3) is 5.91 Å². The first-order valence-corrected chi connectivity index (χ1v) is 13.2. The largest absolute Gasteiger partial charge is 0.444 e. The van der Waals surface area contributed by atoms with E-state index in [2.05, 4.69) is 10.6 Å². The first kappa shape index (κ1) is 31.3. The van der Waals surface area contributed by atoms with Crippen LogP contribution < -0.4 is 16.4 Å². The number of rotatable bonds is 10. The number of nitrogens with two attached hydrogens (primary N) is 1. The smallest absolute Gasteiger partial charge is 0.408 e. The number of aryl methyl sites for hydroxylation is 4. The van der Waals surface area contributed by atoms with Gasteiger partial charge in [-0.3, -0.25) is 14.4 Å². The van der Waals surface area contributed by atoms with Gasteiger partial charge in [0.1, 0.15) is 17.7 Å². The highest BCUT2D eigenvalue weighted by Gasteiger charge is 2.36. The van der Waals surface area contributed by atoms with Crippen LogP contribution in [0.5, 0.6) is 0 Å². The molecule has 0 radical (unpaired) electrons. The molecule has 212 valence electrons. The van der Waals surface area contributed by atoms with Crippen molar-refractivity contribution in [3.05, 3.63) is 64.2 Å². The summed E-state index contributed by atoms with van der Waals surface area (Å²) in [5, 5.41) is 5.63. The average molecular weight is 539 g/mol. The lowest BCUT2D eigenvalue weighted by Crippen LogP contribution is -2.52. The van der Waals surface area contributed by atoms with Crippen LogP contribution in [0.25, 0.3) is 0 Å². The molecular weight excluding hydrogens is 496 g/mol. The third-order valence-electron chi connectivity index (χ3n) is 6.31. The van der Waals surface area contributed by atoms with Crippen molar-refractivity contribution in [2.75, 3.05) is 11.9 Å². The molecule has 2 unspecified atom stereocenters. The summed E-state index contributed by atoms with van der Waals surface area (Å²) in [6.07, 6.45) is -0.973. The molecule has 9 heteroatoms. The Morgan fingerprint density at radius 1 is 0.974 bits per heavy atom. The maximum Gasteiger partial charge on any atom is 0.408 e. The average Bonchev–Trinajstić information content (AvgIpc) is 2.82. The molecule has 2 aromatic carbocycles. The van der Waals surface area contributed by atoms with Crippen LogP contribution in [0.3, 0.4) is 0 Å². The third-order valence-corrected chi connectivity index (χ3v) is 6.31. The van der Waals surface area contributed by atoms with E-state index in [1.54, 1.807) is 27.7 Å². The van der Waals surface area contributed by atoms with E-state index in [0.717, 1.165) is 22.3 Å². The van der Waals surface area contributed by atoms with Crippen molar-refractivity contribution in [2.45, 2.75) is 85.9 Å².